The van der Waals surface area contributed by atoms with E-state index >= 15 is 0 Å². The SMILES string of the molecule is CCC1CSC2=NC(c3ccccn3)C(c3cccn3-c3cccc(F)c3)N21. The zero-order valence-electron chi connectivity index (χ0n) is 15.6. The van der Waals surface area contributed by atoms with Gasteiger partial charge in [0.2, 0.25) is 0 Å². The van der Waals surface area contributed by atoms with Crippen molar-refractivity contribution in [2.75, 3.05) is 5.75 Å². The van der Waals surface area contributed by atoms with Crippen molar-refractivity contribution in [2.45, 2.75) is 31.5 Å². The number of nitrogens with zero attached hydrogens (tertiary/aromatic N) is 4. The van der Waals surface area contributed by atoms with E-state index < -0.39 is 0 Å². The second-order valence-electron chi connectivity index (χ2n) is 7.12. The van der Waals surface area contributed by atoms with Crippen molar-refractivity contribution < 1.29 is 4.39 Å². The highest BCUT2D eigenvalue weighted by molar-refractivity contribution is 8.14. The molecule has 0 N–H and O–H groups in total. The van der Waals surface area contributed by atoms with Gasteiger partial charge in [-0.25, -0.2) is 4.39 Å². The van der Waals surface area contributed by atoms with Crippen molar-refractivity contribution in [1.82, 2.24) is 14.5 Å². The van der Waals surface area contributed by atoms with Crippen LogP contribution < -0.4 is 0 Å². The zero-order chi connectivity index (χ0) is 19.1. The van der Waals surface area contributed by atoms with Crippen LogP contribution in [0.3, 0.4) is 0 Å². The molecule has 1 saturated heterocycles. The Morgan fingerprint density at radius 1 is 1.14 bits per heavy atom. The van der Waals surface area contributed by atoms with Crippen LogP contribution in [0, 0.1) is 5.82 Å². The summed E-state index contributed by atoms with van der Waals surface area (Å²) in [5.74, 6) is 0.825. The first-order chi connectivity index (χ1) is 13.8. The van der Waals surface area contributed by atoms with Crippen molar-refractivity contribution in [3.8, 4) is 5.69 Å². The van der Waals surface area contributed by atoms with E-state index in [1.165, 1.54) is 6.07 Å². The number of benzene rings is 1. The molecule has 0 spiro atoms. The lowest BCUT2D eigenvalue weighted by Gasteiger charge is -2.32. The monoisotopic (exact) mass is 392 g/mol. The first-order valence-electron chi connectivity index (χ1n) is 9.59. The lowest BCUT2D eigenvalue weighted by atomic mass is 9.99. The molecule has 2 aliphatic heterocycles. The van der Waals surface area contributed by atoms with Crippen LogP contribution in [0.5, 0.6) is 0 Å². The minimum Gasteiger partial charge on any atom is -0.337 e. The van der Waals surface area contributed by atoms with Gasteiger partial charge in [0.25, 0.3) is 0 Å². The van der Waals surface area contributed by atoms with E-state index in [0.717, 1.165) is 34.4 Å². The average molecular weight is 393 g/mol. The van der Waals surface area contributed by atoms with Crippen LogP contribution in [0.25, 0.3) is 5.69 Å². The van der Waals surface area contributed by atoms with Crippen LogP contribution >= 0.6 is 11.8 Å². The highest BCUT2D eigenvalue weighted by atomic mass is 32.2. The van der Waals surface area contributed by atoms with Gasteiger partial charge in [0.1, 0.15) is 17.9 Å². The third-order valence-corrected chi connectivity index (χ3v) is 6.62. The van der Waals surface area contributed by atoms with Crippen LogP contribution in [-0.2, 0) is 0 Å². The Morgan fingerprint density at radius 3 is 2.86 bits per heavy atom. The fourth-order valence-electron chi connectivity index (χ4n) is 4.17. The van der Waals surface area contributed by atoms with Gasteiger partial charge in [-0.15, -0.1) is 0 Å². The smallest absolute Gasteiger partial charge is 0.160 e. The van der Waals surface area contributed by atoms with Crippen molar-refractivity contribution in [2.24, 2.45) is 4.99 Å². The number of hydrogen-bond acceptors (Lipinski definition) is 4. The summed E-state index contributed by atoms with van der Waals surface area (Å²) in [6.45, 7) is 2.23. The van der Waals surface area contributed by atoms with Crippen LogP contribution in [-0.4, -0.2) is 31.4 Å². The van der Waals surface area contributed by atoms with Crippen molar-refractivity contribution in [1.29, 1.82) is 0 Å². The normalized spacial score (nSPS) is 23.7. The number of hydrogen-bond donors (Lipinski definition) is 0. The Morgan fingerprint density at radius 2 is 2.07 bits per heavy atom. The molecule has 2 aromatic heterocycles. The highest BCUT2D eigenvalue weighted by Crippen LogP contribution is 2.48. The summed E-state index contributed by atoms with van der Waals surface area (Å²) < 4.78 is 16.0. The van der Waals surface area contributed by atoms with Crippen LogP contribution in [0.1, 0.15) is 36.8 Å². The largest absolute Gasteiger partial charge is 0.337 e. The predicted molar refractivity (Wildman–Crippen MR) is 111 cm³/mol. The molecule has 0 saturated carbocycles. The molecule has 142 valence electrons. The molecule has 2 aliphatic rings. The summed E-state index contributed by atoms with van der Waals surface area (Å²) in [7, 11) is 0. The maximum Gasteiger partial charge on any atom is 0.160 e. The molecule has 3 aromatic rings. The van der Waals surface area contributed by atoms with E-state index in [0.29, 0.717) is 6.04 Å². The van der Waals surface area contributed by atoms with E-state index in [4.69, 9.17) is 4.99 Å². The van der Waals surface area contributed by atoms with Gasteiger partial charge >= 0.3 is 0 Å². The average Bonchev–Trinajstić information content (AvgIpc) is 3.43. The van der Waals surface area contributed by atoms with Gasteiger partial charge < -0.3 is 9.47 Å². The molecule has 0 radical (unpaired) electrons. The van der Waals surface area contributed by atoms with Crippen molar-refractivity contribution in [3.05, 3.63) is 84.2 Å². The third kappa shape index (κ3) is 2.83. The van der Waals surface area contributed by atoms with Gasteiger partial charge in [-0.1, -0.05) is 30.8 Å². The van der Waals surface area contributed by atoms with Gasteiger partial charge in [0.15, 0.2) is 5.17 Å². The Kier molecular flexibility index (Phi) is 4.43. The van der Waals surface area contributed by atoms with Crippen LogP contribution in [0.15, 0.2) is 72.0 Å². The Labute approximate surface area is 168 Å². The summed E-state index contributed by atoms with van der Waals surface area (Å²) in [4.78, 5) is 12.1. The zero-order valence-corrected chi connectivity index (χ0v) is 16.4. The maximum atomic E-state index is 13.9. The quantitative estimate of drug-likeness (QED) is 0.627. The second kappa shape index (κ2) is 7.09. The predicted octanol–water partition coefficient (Wildman–Crippen LogP) is 4.99. The fourth-order valence-corrected chi connectivity index (χ4v) is 5.50. The highest BCUT2D eigenvalue weighted by Gasteiger charge is 2.46. The van der Waals surface area contributed by atoms with E-state index in [1.54, 1.807) is 12.1 Å². The van der Waals surface area contributed by atoms with Crippen LogP contribution in [0.4, 0.5) is 4.39 Å². The number of aromatic nitrogens is 2. The molecule has 6 heteroatoms. The molecule has 0 bridgehead atoms. The number of pyridine rings is 1. The maximum absolute atomic E-state index is 13.9. The van der Waals surface area contributed by atoms with E-state index in [1.807, 2.05) is 54.5 Å². The molecule has 1 fully saturated rings. The Hall–Kier alpha value is -2.60. The number of amidine groups is 1. The number of fused-ring (bicyclic) bond motifs is 1. The molecule has 1 aromatic carbocycles. The molecule has 5 rings (SSSR count). The Balaban J connectivity index is 1.63. The molecule has 3 unspecified atom stereocenters. The number of aliphatic imine (C=N–C) groups is 1. The van der Waals surface area contributed by atoms with E-state index in [-0.39, 0.29) is 17.9 Å². The molecule has 3 atom stereocenters. The molecule has 4 heterocycles. The van der Waals surface area contributed by atoms with E-state index in [9.17, 15) is 4.39 Å². The topological polar surface area (TPSA) is 33.4 Å². The fraction of sp³-hybridized carbons (Fsp3) is 0.273. The Bertz CT molecular complexity index is 1020. The summed E-state index contributed by atoms with van der Waals surface area (Å²) in [6.07, 6.45) is 4.89. The van der Waals surface area contributed by atoms with Crippen LogP contribution in [0.2, 0.25) is 0 Å². The molecule has 0 aliphatic carbocycles. The molecule has 4 nitrogen and oxygen atoms in total. The lowest BCUT2D eigenvalue weighted by molar-refractivity contribution is 0.249. The molecular formula is C22H21FN4S. The lowest BCUT2D eigenvalue weighted by Crippen LogP contribution is -2.36. The second-order valence-corrected chi connectivity index (χ2v) is 8.11. The third-order valence-electron chi connectivity index (χ3n) is 5.50. The van der Waals surface area contributed by atoms with Crippen molar-refractivity contribution in [3.63, 3.8) is 0 Å². The minimum atomic E-state index is -0.232. The van der Waals surface area contributed by atoms with Gasteiger partial charge in [-0.3, -0.25) is 9.98 Å². The standard InChI is InChI=1S/C22H21FN4S/c1-2-16-14-28-22-25-20(18-9-3-4-11-24-18)21(27(16)22)19-10-6-12-26(19)17-8-5-7-15(23)13-17/h3-13,16,20-21H,2,14H2,1H3. The summed E-state index contributed by atoms with van der Waals surface area (Å²) >= 11 is 1.83. The first-order valence-corrected chi connectivity index (χ1v) is 10.6. The minimum absolute atomic E-state index is 0.0446. The van der Waals surface area contributed by atoms with Gasteiger partial charge in [-0.2, -0.15) is 0 Å². The number of thioether (sulfide) groups is 1. The summed E-state index contributed by atoms with van der Waals surface area (Å²) in [5.41, 5.74) is 2.91. The van der Waals surface area contributed by atoms with Gasteiger partial charge in [-0.05, 0) is 48.9 Å². The molecule has 0 amide bonds. The van der Waals surface area contributed by atoms with Crippen molar-refractivity contribution >= 4 is 16.9 Å². The summed E-state index contributed by atoms with van der Waals surface area (Å²) in [5, 5.41) is 1.10. The summed E-state index contributed by atoms with van der Waals surface area (Å²) in [6, 6.07) is 17.3. The van der Waals surface area contributed by atoms with E-state index in [2.05, 4.69) is 27.4 Å². The molecule has 28 heavy (non-hydrogen) atoms. The number of rotatable bonds is 4. The van der Waals surface area contributed by atoms with Gasteiger partial charge in [0.05, 0.1) is 5.69 Å². The van der Waals surface area contributed by atoms with Gasteiger partial charge in [0, 0.05) is 35.6 Å². The first kappa shape index (κ1) is 17.5. The molecular weight excluding hydrogens is 371 g/mol. The number of halogens is 1.